The third-order valence-electron chi connectivity index (χ3n) is 4.78. The Morgan fingerprint density at radius 1 is 1.00 bits per heavy atom. The van der Waals surface area contributed by atoms with E-state index >= 15 is 0 Å². The summed E-state index contributed by atoms with van der Waals surface area (Å²) in [5.41, 5.74) is 4.82. The van der Waals surface area contributed by atoms with Gasteiger partial charge < -0.3 is 5.32 Å². The maximum absolute atomic E-state index is 10.4. The van der Waals surface area contributed by atoms with Gasteiger partial charge in [0.25, 0.3) is 0 Å². The summed E-state index contributed by atoms with van der Waals surface area (Å²) in [4.78, 5) is 14.9. The average molecular weight is 302 g/mol. The molecular formula is C20H18N2O. The molecule has 4 rings (SSSR count). The highest BCUT2D eigenvalue weighted by molar-refractivity contribution is 5.94. The van der Waals surface area contributed by atoms with Gasteiger partial charge in [0.05, 0.1) is 5.52 Å². The first-order valence-corrected chi connectivity index (χ1v) is 7.99. The van der Waals surface area contributed by atoms with Crippen LogP contribution in [0.1, 0.15) is 24.3 Å². The molecule has 2 aromatic carbocycles. The summed E-state index contributed by atoms with van der Waals surface area (Å²) in [7, 11) is 0. The minimum absolute atomic E-state index is 0.348. The first-order valence-electron chi connectivity index (χ1n) is 7.99. The molecule has 1 fully saturated rings. The van der Waals surface area contributed by atoms with Crippen molar-refractivity contribution in [1.82, 2.24) is 10.3 Å². The Morgan fingerprint density at radius 2 is 1.78 bits per heavy atom. The predicted octanol–water partition coefficient (Wildman–Crippen LogP) is 3.89. The van der Waals surface area contributed by atoms with Crippen molar-refractivity contribution in [2.45, 2.75) is 24.8 Å². The van der Waals surface area contributed by atoms with Gasteiger partial charge in [0.1, 0.15) is 0 Å². The van der Waals surface area contributed by atoms with Gasteiger partial charge in [0.2, 0.25) is 6.41 Å². The highest BCUT2D eigenvalue weighted by Crippen LogP contribution is 2.37. The van der Waals surface area contributed by atoms with E-state index in [4.69, 9.17) is 0 Å². The second-order valence-electron chi connectivity index (χ2n) is 6.15. The number of carbonyl (C=O) groups is 1. The minimum Gasteiger partial charge on any atom is -0.356 e. The van der Waals surface area contributed by atoms with Crippen LogP contribution in [-0.2, 0) is 4.79 Å². The highest BCUT2D eigenvalue weighted by atomic mass is 16.1. The molecule has 1 aliphatic carbocycles. The fourth-order valence-electron chi connectivity index (χ4n) is 3.40. The maximum Gasteiger partial charge on any atom is 0.207 e. The number of carbonyl (C=O) groups excluding carboxylic acids is 1. The Labute approximate surface area is 135 Å². The Bertz CT molecular complexity index is 830. The van der Waals surface area contributed by atoms with Crippen molar-refractivity contribution >= 4 is 17.3 Å². The molecule has 1 aromatic heterocycles. The van der Waals surface area contributed by atoms with Crippen molar-refractivity contribution < 1.29 is 4.79 Å². The number of rotatable bonds is 4. The van der Waals surface area contributed by atoms with Crippen LogP contribution in [0.15, 0.2) is 60.8 Å². The van der Waals surface area contributed by atoms with E-state index in [0.29, 0.717) is 12.0 Å². The predicted molar refractivity (Wildman–Crippen MR) is 92.1 cm³/mol. The first-order chi connectivity index (χ1) is 11.3. The lowest BCUT2D eigenvalue weighted by atomic mass is 9.76. The normalized spacial score (nSPS) is 20.0. The van der Waals surface area contributed by atoms with E-state index in [1.54, 1.807) is 0 Å². The number of fused-ring (bicyclic) bond motifs is 1. The molecule has 3 aromatic rings. The summed E-state index contributed by atoms with van der Waals surface area (Å²) in [6.45, 7) is 0. The van der Waals surface area contributed by atoms with Crippen LogP contribution in [0.25, 0.3) is 22.0 Å². The molecule has 3 heteroatoms. The Morgan fingerprint density at radius 3 is 2.57 bits per heavy atom. The standard InChI is InChI=1S/C20H18N2O/c23-13-22-17-11-16(12-17)14-5-7-15(8-6-14)18-9-10-21-20-4-2-1-3-19(18)20/h1-10,13,16-17H,11-12H2,(H,22,23). The molecule has 1 amide bonds. The second kappa shape index (κ2) is 5.84. The number of amides is 1. The number of para-hydroxylation sites is 1. The van der Waals surface area contributed by atoms with E-state index in [1.807, 2.05) is 18.3 Å². The molecule has 0 spiro atoms. The van der Waals surface area contributed by atoms with Gasteiger partial charge >= 0.3 is 0 Å². The largest absolute Gasteiger partial charge is 0.356 e. The van der Waals surface area contributed by atoms with Crippen molar-refractivity contribution in [3.8, 4) is 11.1 Å². The lowest BCUT2D eigenvalue weighted by molar-refractivity contribution is -0.110. The summed E-state index contributed by atoms with van der Waals surface area (Å²) in [6, 6.07) is 19.5. The van der Waals surface area contributed by atoms with Crippen LogP contribution in [0.5, 0.6) is 0 Å². The molecule has 0 saturated heterocycles. The van der Waals surface area contributed by atoms with E-state index in [-0.39, 0.29) is 0 Å². The quantitative estimate of drug-likeness (QED) is 0.743. The van der Waals surface area contributed by atoms with Crippen molar-refractivity contribution in [3.63, 3.8) is 0 Å². The van der Waals surface area contributed by atoms with Crippen LogP contribution in [0, 0.1) is 0 Å². The molecular weight excluding hydrogens is 284 g/mol. The number of benzene rings is 2. The van der Waals surface area contributed by atoms with Crippen molar-refractivity contribution in [2.75, 3.05) is 0 Å². The summed E-state index contributed by atoms with van der Waals surface area (Å²) in [5.74, 6) is 0.565. The third kappa shape index (κ3) is 2.59. The molecule has 0 atom stereocenters. The molecule has 0 radical (unpaired) electrons. The van der Waals surface area contributed by atoms with Crippen LogP contribution >= 0.6 is 0 Å². The maximum atomic E-state index is 10.4. The van der Waals surface area contributed by atoms with E-state index in [0.717, 1.165) is 24.8 Å². The van der Waals surface area contributed by atoms with Gasteiger partial charge in [-0.15, -0.1) is 0 Å². The molecule has 23 heavy (non-hydrogen) atoms. The van der Waals surface area contributed by atoms with Gasteiger partial charge in [-0.2, -0.15) is 0 Å². The lowest BCUT2D eigenvalue weighted by Crippen LogP contribution is -2.39. The van der Waals surface area contributed by atoms with Crippen LogP contribution < -0.4 is 5.32 Å². The van der Waals surface area contributed by atoms with E-state index in [9.17, 15) is 4.79 Å². The molecule has 1 heterocycles. The van der Waals surface area contributed by atoms with Gasteiger partial charge in [0.15, 0.2) is 0 Å². The van der Waals surface area contributed by atoms with E-state index in [2.05, 4.69) is 52.8 Å². The van der Waals surface area contributed by atoms with Gasteiger partial charge in [-0.3, -0.25) is 9.78 Å². The third-order valence-corrected chi connectivity index (χ3v) is 4.78. The van der Waals surface area contributed by atoms with Gasteiger partial charge in [0, 0.05) is 17.6 Å². The topological polar surface area (TPSA) is 42.0 Å². The molecule has 0 aliphatic heterocycles. The summed E-state index contributed by atoms with van der Waals surface area (Å²) >= 11 is 0. The molecule has 0 unspecified atom stereocenters. The number of nitrogens with one attached hydrogen (secondary N) is 1. The highest BCUT2D eigenvalue weighted by Gasteiger charge is 2.29. The monoisotopic (exact) mass is 302 g/mol. The van der Waals surface area contributed by atoms with E-state index < -0.39 is 0 Å². The van der Waals surface area contributed by atoms with Crippen molar-refractivity contribution in [3.05, 3.63) is 66.4 Å². The minimum atomic E-state index is 0.348. The summed E-state index contributed by atoms with van der Waals surface area (Å²) in [6.07, 6.45) is 4.75. The Kier molecular flexibility index (Phi) is 3.54. The summed E-state index contributed by atoms with van der Waals surface area (Å²) < 4.78 is 0. The second-order valence-corrected chi connectivity index (χ2v) is 6.15. The van der Waals surface area contributed by atoms with Crippen molar-refractivity contribution in [2.24, 2.45) is 0 Å². The molecule has 0 bridgehead atoms. The fourth-order valence-corrected chi connectivity index (χ4v) is 3.40. The number of hydrogen-bond acceptors (Lipinski definition) is 2. The Balaban J connectivity index is 1.60. The molecule has 3 nitrogen and oxygen atoms in total. The SMILES string of the molecule is O=CNC1CC(c2ccc(-c3ccnc4ccccc34)cc2)C1. The number of hydrogen-bond donors (Lipinski definition) is 1. The number of nitrogens with zero attached hydrogens (tertiary/aromatic N) is 1. The zero-order chi connectivity index (χ0) is 15.6. The number of aromatic nitrogens is 1. The van der Waals surface area contributed by atoms with Gasteiger partial charge in [-0.05, 0) is 47.6 Å². The Hall–Kier alpha value is -2.68. The van der Waals surface area contributed by atoms with Crippen LogP contribution in [0.4, 0.5) is 0 Å². The first kappa shape index (κ1) is 13.9. The van der Waals surface area contributed by atoms with Crippen LogP contribution in [0.2, 0.25) is 0 Å². The molecule has 114 valence electrons. The molecule has 1 N–H and O–H groups in total. The van der Waals surface area contributed by atoms with E-state index in [1.165, 1.54) is 22.1 Å². The van der Waals surface area contributed by atoms with Crippen LogP contribution in [-0.4, -0.2) is 17.4 Å². The fraction of sp³-hybridized carbons (Fsp3) is 0.200. The zero-order valence-electron chi connectivity index (χ0n) is 12.8. The summed E-state index contributed by atoms with van der Waals surface area (Å²) in [5, 5.41) is 4.03. The van der Waals surface area contributed by atoms with Gasteiger partial charge in [-0.25, -0.2) is 0 Å². The molecule has 1 aliphatic rings. The van der Waals surface area contributed by atoms with Crippen molar-refractivity contribution in [1.29, 1.82) is 0 Å². The smallest absolute Gasteiger partial charge is 0.207 e. The number of pyridine rings is 1. The lowest BCUT2D eigenvalue weighted by Gasteiger charge is -2.35. The van der Waals surface area contributed by atoms with Crippen LogP contribution in [0.3, 0.4) is 0 Å². The zero-order valence-corrected chi connectivity index (χ0v) is 12.8. The average Bonchev–Trinajstić information content (AvgIpc) is 2.57. The molecule has 1 saturated carbocycles. The van der Waals surface area contributed by atoms with Gasteiger partial charge in [-0.1, -0.05) is 42.5 Å².